The fourth-order valence-corrected chi connectivity index (χ4v) is 1.44. The molecule has 0 aromatic heterocycles. The van der Waals surface area contributed by atoms with Crippen LogP contribution in [0, 0.1) is 0 Å². The lowest BCUT2D eigenvalue weighted by atomic mass is 10.1. The normalized spacial score (nSPS) is 10.7. The number of primary amides is 1. The molecular weight excluding hydrogens is 218 g/mol. The van der Waals surface area contributed by atoms with Crippen molar-refractivity contribution in [2.45, 2.75) is 13.5 Å². The first-order valence-corrected chi connectivity index (χ1v) is 5.39. The Kier molecular flexibility index (Phi) is 5.23. The van der Waals surface area contributed by atoms with E-state index in [0.29, 0.717) is 13.2 Å². The number of carbonyl (C=O) groups excluding carboxylic acids is 1. The summed E-state index contributed by atoms with van der Waals surface area (Å²) in [4.78, 5) is 10.7. The van der Waals surface area contributed by atoms with Crippen LogP contribution in [0.4, 0.5) is 0 Å². The van der Waals surface area contributed by atoms with Crippen LogP contribution in [0.15, 0.2) is 24.3 Å². The maximum Gasteiger partial charge on any atom is 0.241 e. The van der Waals surface area contributed by atoms with Gasteiger partial charge in [0.1, 0.15) is 5.75 Å². The maximum absolute atomic E-state index is 10.7. The van der Waals surface area contributed by atoms with Crippen molar-refractivity contribution in [3.63, 3.8) is 0 Å². The van der Waals surface area contributed by atoms with Crippen LogP contribution in [0.1, 0.15) is 18.1 Å². The van der Waals surface area contributed by atoms with Gasteiger partial charge in [-0.05, 0) is 30.7 Å². The average molecular weight is 235 g/mol. The van der Waals surface area contributed by atoms with Gasteiger partial charge in [-0.2, -0.15) is 0 Å². The fourth-order valence-electron chi connectivity index (χ4n) is 1.44. The van der Waals surface area contributed by atoms with Gasteiger partial charge in [-0.3, -0.25) is 4.79 Å². The molecule has 0 fully saturated rings. The largest absolute Gasteiger partial charge is 0.493 e. The van der Waals surface area contributed by atoms with Gasteiger partial charge in [0, 0.05) is 18.7 Å². The molecule has 0 unspecified atom stereocenters. The van der Waals surface area contributed by atoms with Crippen molar-refractivity contribution in [1.29, 1.82) is 0 Å². The van der Waals surface area contributed by atoms with E-state index in [0.717, 1.165) is 16.9 Å². The molecule has 17 heavy (non-hydrogen) atoms. The molecule has 0 atom stereocenters. The Balaban J connectivity index is 3.01. The van der Waals surface area contributed by atoms with Crippen molar-refractivity contribution in [2.75, 3.05) is 13.7 Å². The average Bonchev–Trinajstić information content (AvgIpc) is 2.29. The molecule has 92 valence electrons. The molecule has 0 radical (unpaired) electrons. The number of hydrogen-bond acceptors (Lipinski definition) is 3. The smallest absolute Gasteiger partial charge is 0.241 e. The van der Waals surface area contributed by atoms with Gasteiger partial charge >= 0.3 is 0 Å². The quantitative estimate of drug-likeness (QED) is 0.764. The molecule has 0 saturated heterocycles. The van der Waals surface area contributed by atoms with E-state index >= 15 is 0 Å². The van der Waals surface area contributed by atoms with E-state index in [2.05, 4.69) is 0 Å². The van der Waals surface area contributed by atoms with E-state index in [1.165, 1.54) is 6.08 Å². The molecule has 0 aliphatic carbocycles. The SMILES string of the molecule is CCOc1ccc(COC)cc1/C=C\C(N)=O. The summed E-state index contributed by atoms with van der Waals surface area (Å²) in [6.45, 7) is 3.00. The number of amides is 1. The predicted octanol–water partition coefficient (Wildman–Crippen LogP) is 1.73. The number of nitrogens with two attached hydrogens (primary N) is 1. The minimum atomic E-state index is -0.482. The molecule has 1 amide bonds. The molecule has 0 aliphatic heterocycles. The Morgan fingerprint density at radius 1 is 1.47 bits per heavy atom. The number of carbonyl (C=O) groups is 1. The lowest BCUT2D eigenvalue weighted by Gasteiger charge is -2.09. The zero-order valence-corrected chi connectivity index (χ0v) is 10.1. The highest BCUT2D eigenvalue weighted by molar-refractivity contribution is 5.90. The summed E-state index contributed by atoms with van der Waals surface area (Å²) in [6, 6.07) is 5.70. The second-order valence-corrected chi connectivity index (χ2v) is 3.47. The van der Waals surface area contributed by atoms with Crippen LogP contribution >= 0.6 is 0 Å². The molecular formula is C13H17NO3. The lowest BCUT2D eigenvalue weighted by molar-refractivity contribution is -0.113. The number of benzene rings is 1. The summed E-state index contributed by atoms with van der Waals surface area (Å²) >= 11 is 0. The van der Waals surface area contributed by atoms with Gasteiger partial charge in [0.25, 0.3) is 0 Å². The molecule has 1 rings (SSSR count). The van der Waals surface area contributed by atoms with Crippen LogP contribution < -0.4 is 10.5 Å². The van der Waals surface area contributed by atoms with Gasteiger partial charge in [-0.1, -0.05) is 6.07 Å². The van der Waals surface area contributed by atoms with Crippen LogP contribution in [0.25, 0.3) is 6.08 Å². The van der Waals surface area contributed by atoms with E-state index in [9.17, 15) is 4.79 Å². The van der Waals surface area contributed by atoms with Gasteiger partial charge in [0.15, 0.2) is 0 Å². The van der Waals surface area contributed by atoms with Gasteiger partial charge in [0.05, 0.1) is 13.2 Å². The molecule has 0 spiro atoms. The molecule has 0 saturated carbocycles. The van der Waals surface area contributed by atoms with E-state index in [4.69, 9.17) is 15.2 Å². The maximum atomic E-state index is 10.7. The third-order valence-corrected chi connectivity index (χ3v) is 2.11. The van der Waals surface area contributed by atoms with E-state index in [-0.39, 0.29) is 0 Å². The van der Waals surface area contributed by atoms with E-state index in [1.54, 1.807) is 13.2 Å². The van der Waals surface area contributed by atoms with Crippen molar-refractivity contribution in [1.82, 2.24) is 0 Å². The van der Waals surface area contributed by atoms with Crippen molar-refractivity contribution < 1.29 is 14.3 Å². The van der Waals surface area contributed by atoms with Crippen LogP contribution in [0.5, 0.6) is 5.75 Å². The number of methoxy groups -OCH3 is 1. The van der Waals surface area contributed by atoms with Gasteiger partial charge in [0.2, 0.25) is 5.91 Å². The first kappa shape index (κ1) is 13.3. The summed E-state index contributed by atoms with van der Waals surface area (Å²) in [5.74, 6) is 0.245. The number of hydrogen-bond donors (Lipinski definition) is 1. The second kappa shape index (κ2) is 6.70. The molecule has 0 heterocycles. The zero-order valence-electron chi connectivity index (χ0n) is 10.1. The topological polar surface area (TPSA) is 61.6 Å². The standard InChI is InChI=1S/C13H17NO3/c1-3-17-12-6-4-10(9-16-2)8-11(12)5-7-13(14)15/h4-8H,3,9H2,1-2H3,(H2,14,15)/b7-5-. The first-order chi connectivity index (χ1) is 8.17. The Morgan fingerprint density at radius 2 is 2.24 bits per heavy atom. The molecule has 1 aromatic carbocycles. The van der Waals surface area contributed by atoms with Crippen LogP contribution in [-0.2, 0) is 16.1 Å². The summed E-state index contributed by atoms with van der Waals surface area (Å²) in [5, 5.41) is 0. The molecule has 1 aromatic rings. The van der Waals surface area contributed by atoms with E-state index < -0.39 is 5.91 Å². The number of rotatable bonds is 6. The van der Waals surface area contributed by atoms with Gasteiger partial charge in [-0.25, -0.2) is 0 Å². The van der Waals surface area contributed by atoms with Gasteiger partial charge < -0.3 is 15.2 Å². The summed E-state index contributed by atoms with van der Waals surface area (Å²) < 4.78 is 10.5. The Hall–Kier alpha value is -1.81. The molecule has 0 bridgehead atoms. The van der Waals surface area contributed by atoms with Crippen molar-refractivity contribution >= 4 is 12.0 Å². The van der Waals surface area contributed by atoms with Crippen LogP contribution in [0.2, 0.25) is 0 Å². The summed E-state index contributed by atoms with van der Waals surface area (Å²) in [7, 11) is 1.63. The molecule has 4 nitrogen and oxygen atoms in total. The highest BCUT2D eigenvalue weighted by atomic mass is 16.5. The monoisotopic (exact) mass is 235 g/mol. The zero-order chi connectivity index (χ0) is 12.7. The van der Waals surface area contributed by atoms with Gasteiger partial charge in [-0.15, -0.1) is 0 Å². The summed E-state index contributed by atoms with van der Waals surface area (Å²) in [5.41, 5.74) is 6.90. The van der Waals surface area contributed by atoms with Crippen molar-refractivity contribution in [2.24, 2.45) is 5.73 Å². The summed E-state index contributed by atoms with van der Waals surface area (Å²) in [6.07, 6.45) is 2.96. The highest BCUT2D eigenvalue weighted by Crippen LogP contribution is 2.22. The third-order valence-electron chi connectivity index (χ3n) is 2.11. The Bertz CT molecular complexity index is 413. The Morgan fingerprint density at radius 3 is 2.82 bits per heavy atom. The minimum absolute atomic E-state index is 0.482. The minimum Gasteiger partial charge on any atom is -0.493 e. The van der Waals surface area contributed by atoms with E-state index in [1.807, 2.05) is 25.1 Å². The third kappa shape index (κ3) is 4.28. The highest BCUT2D eigenvalue weighted by Gasteiger charge is 2.02. The predicted molar refractivity (Wildman–Crippen MR) is 66.6 cm³/mol. The van der Waals surface area contributed by atoms with Crippen molar-refractivity contribution in [3.8, 4) is 5.75 Å². The first-order valence-electron chi connectivity index (χ1n) is 5.39. The second-order valence-electron chi connectivity index (χ2n) is 3.47. The molecule has 2 N–H and O–H groups in total. The van der Waals surface area contributed by atoms with Crippen molar-refractivity contribution in [3.05, 3.63) is 35.4 Å². The lowest BCUT2D eigenvalue weighted by Crippen LogP contribution is -2.05. The van der Waals surface area contributed by atoms with Crippen LogP contribution in [0.3, 0.4) is 0 Å². The molecule has 0 aliphatic rings. The molecule has 4 heteroatoms. The number of ether oxygens (including phenoxy) is 2. The van der Waals surface area contributed by atoms with Crippen LogP contribution in [-0.4, -0.2) is 19.6 Å². The fraction of sp³-hybridized carbons (Fsp3) is 0.308. The Labute approximate surface area is 101 Å².